The Labute approximate surface area is 147 Å². The van der Waals surface area contributed by atoms with Crippen LogP contribution in [0.1, 0.15) is 43.7 Å². The van der Waals surface area contributed by atoms with Crippen molar-refractivity contribution in [1.29, 1.82) is 0 Å². The lowest BCUT2D eigenvalue weighted by Gasteiger charge is -2.11. The smallest absolute Gasteiger partial charge is 0.346 e. The zero-order valence-electron chi connectivity index (χ0n) is 13.7. The quantitative estimate of drug-likeness (QED) is 0.734. The maximum atomic E-state index is 14.6. The predicted octanol–water partition coefficient (Wildman–Crippen LogP) is 3.24. The standard InChI is InChI=1S/C19H13FN2O4/c1-2-10-6-5-9-13-14(20)16(21-15(10)13)19(25)26-22-17(23)11-7-3-4-8-12(11)18(22)24/h3-9,21H,2H2,1H3. The first-order chi connectivity index (χ1) is 12.5. The summed E-state index contributed by atoms with van der Waals surface area (Å²) < 4.78 is 14.6. The third-order valence-electron chi connectivity index (χ3n) is 4.37. The molecule has 2 heterocycles. The topological polar surface area (TPSA) is 79.5 Å². The van der Waals surface area contributed by atoms with Crippen LogP contribution in [0.4, 0.5) is 4.39 Å². The van der Waals surface area contributed by atoms with E-state index in [4.69, 9.17) is 4.84 Å². The Kier molecular flexibility index (Phi) is 3.57. The molecule has 3 aromatic rings. The van der Waals surface area contributed by atoms with Crippen molar-refractivity contribution in [1.82, 2.24) is 10.0 Å². The molecule has 1 N–H and O–H groups in total. The molecule has 2 aromatic carbocycles. The second-order valence-corrected chi connectivity index (χ2v) is 5.84. The molecule has 0 saturated heterocycles. The number of halogens is 1. The van der Waals surface area contributed by atoms with Crippen LogP contribution in [0, 0.1) is 5.82 Å². The van der Waals surface area contributed by atoms with Gasteiger partial charge in [0.1, 0.15) is 0 Å². The number of nitrogens with zero attached hydrogens (tertiary/aromatic N) is 1. The molecule has 0 saturated carbocycles. The lowest BCUT2D eigenvalue weighted by atomic mass is 10.1. The summed E-state index contributed by atoms with van der Waals surface area (Å²) in [5.74, 6) is -3.44. The maximum absolute atomic E-state index is 14.6. The highest BCUT2D eigenvalue weighted by molar-refractivity contribution is 6.21. The molecule has 0 fully saturated rings. The van der Waals surface area contributed by atoms with Crippen molar-refractivity contribution in [3.05, 3.63) is 70.7 Å². The first kappa shape index (κ1) is 16.0. The van der Waals surface area contributed by atoms with Crippen LogP contribution in [0.5, 0.6) is 0 Å². The van der Waals surface area contributed by atoms with Gasteiger partial charge in [0.05, 0.1) is 16.6 Å². The summed E-state index contributed by atoms with van der Waals surface area (Å²) in [5.41, 5.74) is 1.16. The molecule has 1 aromatic heterocycles. The van der Waals surface area contributed by atoms with E-state index in [-0.39, 0.29) is 16.5 Å². The number of H-pyrrole nitrogens is 1. The highest BCUT2D eigenvalue weighted by Gasteiger charge is 2.39. The number of hydroxylamine groups is 2. The highest BCUT2D eigenvalue weighted by atomic mass is 19.1. The Morgan fingerprint density at radius 1 is 1.08 bits per heavy atom. The van der Waals surface area contributed by atoms with E-state index in [1.165, 1.54) is 12.1 Å². The van der Waals surface area contributed by atoms with Crippen molar-refractivity contribution >= 4 is 28.7 Å². The predicted molar refractivity (Wildman–Crippen MR) is 90.0 cm³/mol. The molecular weight excluding hydrogens is 339 g/mol. The average molecular weight is 352 g/mol. The number of hydrogen-bond acceptors (Lipinski definition) is 4. The Bertz CT molecular complexity index is 1050. The molecule has 26 heavy (non-hydrogen) atoms. The van der Waals surface area contributed by atoms with Crippen LogP contribution in [-0.4, -0.2) is 27.8 Å². The Morgan fingerprint density at radius 2 is 1.73 bits per heavy atom. The number of carbonyl (C=O) groups excluding carboxylic acids is 3. The first-order valence-corrected chi connectivity index (χ1v) is 8.02. The second kappa shape index (κ2) is 5.80. The number of amides is 2. The van der Waals surface area contributed by atoms with Crippen molar-refractivity contribution in [3.63, 3.8) is 0 Å². The van der Waals surface area contributed by atoms with Gasteiger partial charge in [0.2, 0.25) is 0 Å². The average Bonchev–Trinajstić information content (AvgIpc) is 3.12. The van der Waals surface area contributed by atoms with Crippen molar-refractivity contribution in [2.24, 2.45) is 0 Å². The van der Waals surface area contributed by atoms with Crippen molar-refractivity contribution in [2.45, 2.75) is 13.3 Å². The van der Waals surface area contributed by atoms with Crippen LogP contribution in [0.15, 0.2) is 42.5 Å². The van der Waals surface area contributed by atoms with Crippen LogP contribution in [0.2, 0.25) is 0 Å². The van der Waals surface area contributed by atoms with Gasteiger partial charge in [0.15, 0.2) is 11.5 Å². The van der Waals surface area contributed by atoms with Gasteiger partial charge in [-0.2, -0.15) is 0 Å². The summed E-state index contributed by atoms with van der Waals surface area (Å²) >= 11 is 0. The van der Waals surface area contributed by atoms with Crippen LogP contribution < -0.4 is 0 Å². The number of carbonyl (C=O) groups is 3. The second-order valence-electron chi connectivity index (χ2n) is 5.84. The van der Waals surface area contributed by atoms with Gasteiger partial charge in [-0.25, -0.2) is 9.18 Å². The van der Waals surface area contributed by atoms with Gasteiger partial charge >= 0.3 is 5.97 Å². The molecule has 7 heteroatoms. The van der Waals surface area contributed by atoms with Gasteiger partial charge in [0.25, 0.3) is 11.8 Å². The third kappa shape index (κ3) is 2.21. The summed E-state index contributed by atoms with van der Waals surface area (Å²) in [4.78, 5) is 44.5. The third-order valence-corrected chi connectivity index (χ3v) is 4.37. The molecule has 0 radical (unpaired) electrons. The number of aromatic nitrogens is 1. The van der Waals surface area contributed by atoms with Gasteiger partial charge in [-0.05, 0) is 30.2 Å². The molecule has 130 valence electrons. The zero-order valence-corrected chi connectivity index (χ0v) is 13.7. The number of fused-ring (bicyclic) bond motifs is 2. The van der Waals surface area contributed by atoms with Crippen LogP contribution in [0.3, 0.4) is 0 Å². The van der Waals surface area contributed by atoms with E-state index in [1.54, 1.807) is 24.3 Å². The largest absolute Gasteiger partial charge is 0.383 e. The lowest BCUT2D eigenvalue weighted by Crippen LogP contribution is -2.33. The molecule has 0 bridgehead atoms. The summed E-state index contributed by atoms with van der Waals surface area (Å²) in [5, 5.41) is 0.609. The van der Waals surface area contributed by atoms with Crippen molar-refractivity contribution in [2.75, 3.05) is 0 Å². The summed E-state index contributed by atoms with van der Waals surface area (Å²) in [6.07, 6.45) is 0.643. The Balaban J connectivity index is 1.68. The van der Waals surface area contributed by atoms with Crippen molar-refractivity contribution < 1.29 is 23.6 Å². The maximum Gasteiger partial charge on any atom is 0.383 e. The number of hydrogen-bond donors (Lipinski definition) is 1. The van der Waals surface area contributed by atoms with E-state index < -0.39 is 29.3 Å². The van der Waals surface area contributed by atoms with E-state index in [0.29, 0.717) is 17.0 Å². The number of para-hydroxylation sites is 1. The SMILES string of the molecule is CCc1cccc2c(F)c(C(=O)ON3C(=O)c4ccccc4C3=O)[nH]c12. The molecular formula is C19H13FN2O4. The molecule has 0 unspecified atom stereocenters. The molecule has 0 spiro atoms. The fourth-order valence-corrected chi connectivity index (χ4v) is 3.06. The zero-order chi connectivity index (χ0) is 18.4. The molecule has 4 rings (SSSR count). The molecule has 0 aliphatic carbocycles. The van der Waals surface area contributed by atoms with Gasteiger partial charge < -0.3 is 9.82 Å². The lowest BCUT2D eigenvalue weighted by molar-refractivity contribution is -0.0590. The minimum Gasteiger partial charge on any atom is -0.346 e. The Morgan fingerprint density at radius 3 is 2.35 bits per heavy atom. The number of rotatable bonds is 3. The number of aryl methyl sites for hydroxylation is 1. The minimum atomic E-state index is -1.14. The van der Waals surface area contributed by atoms with Crippen LogP contribution >= 0.6 is 0 Å². The van der Waals surface area contributed by atoms with Crippen LogP contribution in [0.25, 0.3) is 10.9 Å². The van der Waals surface area contributed by atoms with Gasteiger partial charge in [-0.1, -0.05) is 36.3 Å². The van der Waals surface area contributed by atoms with E-state index in [2.05, 4.69) is 4.98 Å². The fraction of sp³-hybridized carbons (Fsp3) is 0.105. The number of nitrogens with one attached hydrogen (secondary N) is 1. The van der Waals surface area contributed by atoms with E-state index in [0.717, 1.165) is 5.56 Å². The Hall–Kier alpha value is -3.48. The molecule has 1 aliphatic rings. The summed E-state index contributed by atoms with van der Waals surface area (Å²) in [6.45, 7) is 1.91. The van der Waals surface area contributed by atoms with E-state index in [9.17, 15) is 18.8 Å². The van der Waals surface area contributed by atoms with E-state index in [1.807, 2.05) is 13.0 Å². The normalized spacial score (nSPS) is 13.4. The van der Waals surface area contributed by atoms with Gasteiger partial charge in [0, 0.05) is 5.39 Å². The first-order valence-electron chi connectivity index (χ1n) is 8.02. The molecule has 1 aliphatic heterocycles. The highest BCUT2D eigenvalue weighted by Crippen LogP contribution is 2.27. The van der Waals surface area contributed by atoms with Crippen LogP contribution in [-0.2, 0) is 11.3 Å². The monoisotopic (exact) mass is 352 g/mol. The summed E-state index contributed by atoms with van der Waals surface area (Å²) in [6, 6.07) is 11.2. The molecule has 0 atom stereocenters. The fourth-order valence-electron chi connectivity index (χ4n) is 3.06. The molecule has 6 nitrogen and oxygen atoms in total. The van der Waals surface area contributed by atoms with Gasteiger partial charge in [-0.15, -0.1) is 0 Å². The van der Waals surface area contributed by atoms with Gasteiger partial charge in [-0.3, -0.25) is 9.59 Å². The summed E-state index contributed by atoms with van der Waals surface area (Å²) in [7, 11) is 0. The molecule has 2 amide bonds. The van der Waals surface area contributed by atoms with Crippen molar-refractivity contribution in [3.8, 4) is 0 Å². The number of benzene rings is 2. The number of imide groups is 1. The van der Waals surface area contributed by atoms with E-state index >= 15 is 0 Å². The number of aromatic amines is 1. The minimum absolute atomic E-state index is 0.135.